The predicted octanol–water partition coefficient (Wildman–Crippen LogP) is 5.44. The Labute approximate surface area is 335 Å². The van der Waals surface area contributed by atoms with E-state index in [4.69, 9.17) is 9.47 Å². The summed E-state index contributed by atoms with van der Waals surface area (Å²) in [6, 6.07) is 16.5. The van der Waals surface area contributed by atoms with E-state index in [1.807, 2.05) is 61.2 Å². The summed E-state index contributed by atoms with van der Waals surface area (Å²) in [4.78, 5) is 65.5. The van der Waals surface area contributed by atoms with E-state index < -0.39 is 5.41 Å². The van der Waals surface area contributed by atoms with Gasteiger partial charge in [0.25, 0.3) is 0 Å². The zero-order valence-electron chi connectivity index (χ0n) is 33.5. The highest BCUT2D eigenvalue weighted by atomic mass is 16.6. The first-order valence-electron chi connectivity index (χ1n) is 21.2. The van der Waals surface area contributed by atoms with Gasteiger partial charge in [-0.15, -0.1) is 0 Å². The molecule has 4 spiro atoms. The molecule has 0 bridgehead atoms. The number of ketones is 1. The van der Waals surface area contributed by atoms with Crippen molar-refractivity contribution in [3.63, 3.8) is 0 Å². The number of ether oxygens (including phenoxy) is 2. The molecule has 4 amide bonds. The molecule has 0 aromatic heterocycles. The second-order valence-electron chi connectivity index (χ2n) is 17.7. The van der Waals surface area contributed by atoms with Crippen LogP contribution in [0, 0.1) is 10.8 Å². The number of nitrogens with one attached hydrogen (secondary N) is 3. The van der Waals surface area contributed by atoms with Gasteiger partial charge in [0.15, 0.2) is 0 Å². The number of likely N-dealkylation sites (tertiary alicyclic amines) is 3. The largest absolute Gasteiger partial charge is 0.450 e. The van der Waals surface area contributed by atoms with Gasteiger partial charge >= 0.3 is 12.2 Å². The first-order valence-corrected chi connectivity index (χ1v) is 21.2. The average Bonchev–Trinajstić information content (AvgIpc) is 3.98. The second-order valence-corrected chi connectivity index (χ2v) is 17.7. The van der Waals surface area contributed by atoms with Gasteiger partial charge in [-0.05, 0) is 102 Å². The van der Waals surface area contributed by atoms with Crippen LogP contribution in [0.15, 0.2) is 48.5 Å². The Morgan fingerprint density at radius 3 is 1.68 bits per heavy atom. The van der Waals surface area contributed by atoms with Crippen molar-refractivity contribution in [2.24, 2.45) is 10.8 Å². The highest BCUT2D eigenvalue weighted by molar-refractivity contribution is 6.07. The molecule has 2 aliphatic carbocycles. The fraction of sp³-hybridized carbons (Fsp3) is 0.614. The van der Waals surface area contributed by atoms with E-state index >= 15 is 0 Å². The van der Waals surface area contributed by atoms with E-state index in [-0.39, 0.29) is 40.6 Å². The van der Waals surface area contributed by atoms with Gasteiger partial charge in [0.05, 0.1) is 24.0 Å². The summed E-state index contributed by atoms with van der Waals surface area (Å²) in [6.45, 7) is 12.3. The van der Waals surface area contributed by atoms with Crippen LogP contribution in [0.4, 0.5) is 21.0 Å². The number of para-hydroxylation sites is 2. The minimum atomic E-state index is -0.426. The highest BCUT2D eigenvalue weighted by Gasteiger charge is 2.54. The van der Waals surface area contributed by atoms with Crippen LogP contribution in [0.2, 0.25) is 0 Å². The monoisotopic (exact) mass is 782 g/mol. The minimum Gasteiger partial charge on any atom is -0.450 e. The molecule has 3 N–H and O–H groups in total. The molecule has 2 saturated carbocycles. The lowest BCUT2D eigenvalue weighted by Gasteiger charge is -2.48. The molecule has 8 aliphatic rings. The van der Waals surface area contributed by atoms with Crippen LogP contribution in [-0.4, -0.2) is 116 Å². The predicted molar refractivity (Wildman–Crippen MR) is 215 cm³/mol. The van der Waals surface area contributed by atoms with Gasteiger partial charge in [0.1, 0.15) is 5.78 Å². The van der Waals surface area contributed by atoms with Gasteiger partial charge in [0, 0.05) is 80.4 Å². The maximum atomic E-state index is 12.8. The molecule has 13 nitrogen and oxygen atoms in total. The number of benzene rings is 2. The molecule has 13 heteroatoms. The van der Waals surface area contributed by atoms with E-state index in [2.05, 4.69) is 26.9 Å². The molecule has 2 aromatic carbocycles. The molecule has 57 heavy (non-hydrogen) atoms. The molecule has 0 radical (unpaired) electrons. The lowest BCUT2D eigenvalue weighted by Crippen LogP contribution is -2.60. The van der Waals surface area contributed by atoms with Crippen molar-refractivity contribution >= 4 is 41.2 Å². The van der Waals surface area contributed by atoms with Gasteiger partial charge < -0.3 is 35.2 Å². The van der Waals surface area contributed by atoms with Crippen molar-refractivity contribution in [3.05, 3.63) is 59.7 Å². The summed E-state index contributed by atoms with van der Waals surface area (Å²) in [7, 11) is 0. The number of hydrogen-bond donors (Lipinski definition) is 3. The Morgan fingerprint density at radius 2 is 1.18 bits per heavy atom. The van der Waals surface area contributed by atoms with E-state index in [0.717, 1.165) is 101 Å². The molecular weight excluding hydrogens is 725 g/mol. The summed E-state index contributed by atoms with van der Waals surface area (Å²) in [5.41, 5.74) is 4.09. The fourth-order valence-electron chi connectivity index (χ4n) is 11.0. The number of carbonyl (C=O) groups is 5. The van der Waals surface area contributed by atoms with Crippen molar-refractivity contribution in [2.45, 2.75) is 94.9 Å². The number of rotatable bonds is 3. The maximum absolute atomic E-state index is 12.8. The molecule has 2 aromatic rings. The lowest BCUT2D eigenvalue weighted by molar-refractivity contribution is -0.126. The van der Waals surface area contributed by atoms with E-state index in [0.29, 0.717) is 50.4 Å². The number of carbonyl (C=O) groups excluding carboxylic acids is 5. The number of nitrogens with zero attached hydrogens (tertiary/aromatic N) is 3. The highest BCUT2D eigenvalue weighted by Crippen LogP contribution is 2.50. The van der Waals surface area contributed by atoms with Gasteiger partial charge in [-0.2, -0.15) is 0 Å². The summed E-state index contributed by atoms with van der Waals surface area (Å²) in [5, 5.41) is 9.35. The minimum absolute atomic E-state index is 0.0706. The SMILES string of the molecule is CCOC(=O)N1CC2(CCN(C3CCC4(CC3)C(=O)Nc3ccccc34)C2)C1.CCOC(=O)N1CC2(CCNC2)C1.O=C1CCC2(CC1)C(=O)Nc1ccccc12. The summed E-state index contributed by atoms with van der Waals surface area (Å²) in [5.74, 6) is 0.540. The van der Waals surface area contributed by atoms with Crippen LogP contribution < -0.4 is 16.0 Å². The number of amides is 4. The average molecular weight is 783 g/mol. The van der Waals surface area contributed by atoms with Crippen molar-refractivity contribution in [1.29, 1.82) is 0 Å². The Morgan fingerprint density at radius 1 is 0.667 bits per heavy atom. The zero-order chi connectivity index (χ0) is 39.8. The van der Waals surface area contributed by atoms with E-state index in [9.17, 15) is 24.0 Å². The fourth-order valence-corrected chi connectivity index (χ4v) is 11.0. The smallest absolute Gasteiger partial charge is 0.409 e. The van der Waals surface area contributed by atoms with Crippen molar-refractivity contribution < 1.29 is 33.4 Å². The Bertz CT molecular complexity index is 1860. The number of anilines is 2. The van der Waals surface area contributed by atoms with Crippen LogP contribution in [0.5, 0.6) is 0 Å². The lowest BCUT2D eigenvalue weighted by atomic mass is 9.68. The van der Waals surface area contributed by atoms with Crippen molar-refractivity contribution in [2.75, 3.05) is 76.2 Å². The second kappa shape index (κ2) is 15.7. The third-order valence-corrected chi connectivity index (χ3v) is 14.2. The quantitative estimate of drug-likeness (QED) is 0.370. The van der Waals surface area contributed by atoms with E-state index in [1.54, 1.807) is 4.90 Å². The van der Waals surface area contributed by atoms with Crippen LogP contribution in [0.1, 0.15) is 89.2 Å². The van der Waals surface area contributed by atoms with Gasteiger partial charge in [-0.1, -0.05) is 36.4 Å². The molecule has 6 fully saturated rings. The molecule has 0 unspecified atom stereocenters. The molecular formula is C44H58N6O7. The Hall–Kier alpha value is -4.49. The van der Waals surface area contributed by atoms with Gasteiger partial charge in [-0.25, -0.2) is 9.59 Å². The van der Waals surface area contributed by atoms with Crippen LogP contribution >= 0.6 is 0 Å². The molecule has 306 valence electrons. The van der Waals surface area contributed by atoms with Gasteiger partial charge in [0.2, 0.25) is 11.8 Å². The number of Topliss-reactive ketones (excluding diaryl/α,β-unsaturated/α-hetero) is 1. The normalized spacial score (nSPS) is 27.0. The topological polar surface area (TPSA) is 150 Å². The summed E-state index contributed by atoms with van der Waals surface area (Å²) in [6.07, 6.45) is 8.41. The number of fused-ring (bicyclic) bond motifs is 4. The van der Waals surface area contributed by atoms with Crippen molar-refractivity contribution in [1.82, 2.24) is 20.0 Å². The number of hydrogen-bond acceptors (Lipinski definition) is 9. The van der Waals surface area contributed by atoms with Gasteiger partial charge in [-0.3, -0.25) is 19.3 Å². The third kappa shape index (κ3) is 7.30. The van der Waals surface area contributed by atoms with Crippen LogP contribution in [0.3, 0.4) is 0 Å². The maximum Gasteiger partial charge on any atom is 0.409 e. The third-order valence-electron chi connectivity index (χ3n) is 14.2. The van der Waals surface area contributed by atoms with Crippen LogP contribution in [-0.2, 0) is 34.7 Å². The summed E-state index contributed by atoms with van der Waals surface area (Å²) < 4.78 is 10.0. The Kier molecular flexibility index (Phi) is 10.8. The van der Waals surface area contributed by atoms with E-state index in [1.165, 1.54) is 12.0 Å². The Balaban J connectivity index is 0.000000132. The first kappa shape index (κ1) is 39.3. The first-order chi connectivity index (χ1) is 27.5. The molecule has 0 atom stereocenters. The molecule has 6 aliphatic heterocycles. The zero-order valence-corrected chi connectivity index (χ0v) is 33.5. The molecule has 10 rings (SSSR count). The van der Waals surface area contributed by atoms with Crippen molar-refractivity contribution in [3.8, 4) is 0 Å². The molecule has 4 saturated heterocycles. The van der Waals surface area contributed by atoms with Crippen LogP contribution in [0.25, 0.3) is 0 Å². The standard InChI is InChI=1S/C22H29N3O3.C13H13NO2.C9H16N2O2/c1-2-28-20(27)25-14-21(15-25)11-12-24(13-21)16-7-9-22(10-8-16)17-5-3-4-6-18(17)23-19(22)26;15-9-5-7-13(8-6-9)10-3-1-2-4-11(10)14-12(13)16;1-2-13-8(12)11-6-9(7-11)3-4-10-5-9/h3-6,16H,2,7-15H2,1H3,(H,23,26);1-4H,5-8H2,(H,14,16);10H,2-7H2,1H3. The molecule has 6 heterocycles. The summed E-state index contributed by atoms with van der Waals surface area (Å²) >= 11 is 0.